The summed E-state index contributed by atoms with van der Waals surface area (Å²) in [5.74, 6) is -3.16. The van der Waals surface area contributed by atoms with Crippen LogP contribution in [-0.2, 0) is 28.7 Å². The summed E-state index contributed by atoms with van der Waals surface area (Å²) in [6.07, 6.45) is 0. The van der Waals surface area contributed by atoms with Gasteiger partial charge in [-0.2, -0.15) is 0 Å². The number of alkyl halides is 7. The third kappa shape index (κ3) is 5.48. The van der Waals surface area contributed by atoms with Crippen LogP contribution in [0, 0.1) is 0 Å². The largest absolute Gasteiger partial charge is 0.443 e. The van der Waals surface area contributed by atoms with Gasteiger partial charge >= 0.3 is 5.97 Å². The SMILES string of the molecule is O=C(CCl)NC1C(=O)N2CC(Br)(OC(=O)C3(Br)CS[C@@H]4C(NC(=O)CCl)C(=O)N4C3C(Cl)(Cl)CCl)CS[C@H]12. The van der Waals surface area contributed by atoms with E-state index in [4.69, 9.17) is 62.7 Å². The van der Waals surface area contributed by atoms with Crippen LogP contribution in [-0.4, -0.2) is 117 Å². The number of ether oxygens (including phenoxy) is 1. The van der Waals surface area contributed by atoms with E-state index in [-0.39, 0.29) is 47.0 Å². The molecule has 4 heterocycles. The van der Waals surface area contributed by atoms with Crippen LogP contribution in [0.4, 0.5) is 0 Å². The van der Waals surface area contributed by atoms with E-state index in [1.54, 1.807) is 0 Å². The molecule has 0 aromatic rings. The average Bonchev–Trinajstić information content (AvgIpc) is 2.89. The number of rotatable bonds is 8. The topological polar surface area (TPSA) is 125 Å². The highest BCUT2D eigenvalue weighted by atomic mass is 79.9. The third-order valence-corrected chi connectivity index (χ3v) is 13.6. The first-order chi connectivity index (χ1) is 17.7. The maximum atomic E-state index is 13.7. The van der Waals surface area contributed by atoms with Gasteiger partial charge < -0.3 is 25.2 Å². The first kappa shape index (κ1) is 31.4. The Labute approximate surface area is 267 Å². The van der Waals surface area contributed by atoms with Gasteiger partial charge in [0.15, 0.2) is 13.2 Å². The Kier molecular flexibility index (Phi) is 9.60. The van der Waals surface area contributed by atoms with Crippen molar-refractivity contribution in [3.63, 3.8) is 0 Å². The zero-order valence-electron chi connectivity index (χ0n) is 18.9. The van der Waals surface area contributed by atoms with Gasteiger partial charge in [-0.1, -0.05) is 39.1 Å². The molecular weight excluding hydrogens is 781 g/mol. The van der Waals surface area contributed by atoms with E-state index in [0.717, 1.165) is 0 Å². The molecule has 0 saturated carbocycles. The minimum Gasteiger partial charge on any atom is -0.443 e. The number of nitrogens with zero attached hydrogens (tertiary/aromatic N) is 2. The number of fused-ring (bicyclic) bond motifs is 2. The third-order valence-electron chi connectivity index (χ3n) is 6.34. The maximum absolute atomic E-state index is 13.7. The van der Waals surface area contributed by atoms with E-state index >= 15 is 0 Å². The van der Waals surface area contributed by atoms with Gasteiger partial charge in [0.25, 0.3) is 0 Å². The van der Waals surface area contributed by atoms with E-state index in [2.05, 4.69) is 42.5 Å². The van der Waals surface area contributed by atoms with Crippen molar-refractivity contribution in [2.45, 2.75) is 42.0 Å². The van der Waals surface area contributed by atoms with Crippen molar-refractivity contribution < 1.29 is 28.7 Å². The monoisotopic (exact) mass is 796 g/mol. The molecule has 0 aromatic heterocycles. The van der Waals surface area contributed by atoms with E-state index < -0.39 is 60.4 Å². The summed E-state index contributed by atoms with van der Waals surface area (Å²) < 4.78 is 1.27. The van der Waals surface area contributed by atoms with Crippen LogP contribution in [0.5, 0.6) is 0 Å². The predicted molar refractivity (Wildman–Crippen MR) is 155 cm³/mol. The number of carbonyl (C=O) groups excluding carboxylic acids is 5. The van der Waals surface area contributed by atoms with Gasteiger partial charge in [0.2, 0.25) is 23.6 Å². The van der Waals surface area contributed by atoms with Gasteiger partial charge in [0.05, 0.1) is 18.5 Å². The Morgan fingerprint density at radius 1 is 0.974 bits per heavy atom. The van der Waals surface area contributed by atoms with Crippen molar-refractivity contribution in [1.82, 2.24) is 20.4 Å². The van der Waals surface area contributed by atoms with Crippen LogP contribution in [0.3, 0.4) is 0 Å². The molecule has 0 spiro atoms. The molecule has 4 saturated heterocycles. The fourth-order valence-electron chi connectivity index (χ4n) is 4.62. The molecule has 4 rings (SSSR count). The quantitative estimate of drug-likeness (QED) is 0.217. The van der Waals surface area contributed by atoms with Crippen molar-refractivity contribution in [3.05, 3.63) is 0 Å². The Morgan fingerprint density at radius 2 is 1.53 bits per heavy atom. The number of carbonyl (C=O) groups is 5. The Bertz CT molecular complexity index is 1070. The van der Waals surface area contributed by atoms with Crippen molar-refractivity contribution in [3.8, 4) is 0 Å². The summed E-state index contributed by atoms with van der Waals surface area (Å²) in [6.45, 7) is 0.0174. The number of amides is 4. The van der Waals surface area contributed by atoms with Crippen molar-refractivity contribution in [1.29, 1.82) is 0 Å². The number of hydrogen-bond donors (Lipinski definition) is 2. The lowest BCUT2D eigenvalue weighted by Gasteiger charge is -2.60. The summed E-state index contributed by atoms with van der Waals surface area (Å²) in [5, 5.41) is 4.25. The summed E-state index contributed by atoms with van der Waals surface area (Å²) in [5.41, 5.74) is 0. The Hall–Kier alpha value is 0.460. The second-order valence-electron chi connectivity index (χ2n) is 8.90. The van der Waals surface area contributed by atoms with Gasteiger partial charge in [0.1, 0.15) is 34.6 Å². The summed E-state index contributed by atoms with van der Waals surface area (Å²) in [4.78, 5) is 65.6. The average molecular weight is 801 g/mol. The summed E-state index contributed by atoms with van der Waals surface area (Å²) in [6, 6.07) is -2.73. The molecule has 5 unspecified atom stereocenters. The van der Waals surface area contributed by atoms with Crippen LogP contribution in [0.15, 0.2) is 0 Å². The van der Waals surface area contributed by atoms with E-state index in [1.165, 1.54) is 33.3 Å². The highest BCUT2D eigenvalue weighted by Gasteiger charge is 2.68. The highest BCUT2D eigenvalue weighted by Crippen LogP contribution is 2.53. The Morgan fingerprint density at radius 3 is 2.08 bits per heavy atom. The molecule has 0 radical (unpaired) electrons. The first-order valence-corrected chi connectivity index (χ1v) is 16.9. The number of nitrogens with one attached hydrogen (secondary N) is 2. The minimum absolute atomic E-state index is 0.0174. The standard InChI is InChI=1S/C19H19Br2Cl5N4O6S2/c20-17(4-29-11(33)9(13(29)37-5-17)27-7(31)1-22)36-16(35)18(21)6-38-14-10(28-8(32)2-23)12(34)30(14)15(18)19(25,26)3-24/h9-10,13-15H,1-6H2,(H,27,31)(H,28,32)/t9?,10?,13-,14-,15?,17?,18?/m1/s1. The molecular formula is C19H19Br2Cl5N4O6S2. The zero-order chi connectivity index (χ0) is 28.2. The highest BCUT2D eigenvalue weighted by molar-refractivity contribution is 9.10. The molecule has 4 aliphatic rings. The molecule has 0 bridgehead atoms. The molecule has 19 heteroatoms. The van der Waals surface area contributed by atoms with Gasteiger partial charge in [-0.05, 0) is 15.9 Å². The number of β-lactam (4-membered cyclic amide) rings is 2. The molecule has 4 aliphatic heterocycles. The van der Waals surface area contributed by atoms with E-state index in [0.29, 0.717) is 0 Å². The second kappa shape index (κ2) is 11.6. The molecule has 0 aliphatic carbocycles. The molecule has 38 heavy (non-hydrogen) atoms. The fraction of sp³-hybridized carbons (Fsp3) is 0.737. The minimum atomic E-state index is -1.77. The molecule has 10 nitrogen and oxygen atoms in total. The van der Waals surface area contributed by atoms with Crippen LogP contribution in [0.1, 0.15) is 0 Å². The van der Waals surface area contributed by atoms with E-state index in [1.807, 2.05) is 0 Å². The molecule has 4 amide bonds. The lowest BCUT2D eigenvalue weighted by atomic mass is 9.90. The van der Waals surface area contributed by atoms with Crippen molar-refractivity contribution in [2.75, 3.05) is 35.7 Å². The van der Waals surface area contributed by atoms with Crippen LogP contribution < -0.4 is 10.6 Å². The number of thioether (sulfide) groups is 2. The van der Waals surface area contributed by atoms with Gasteiger partial charge in [-0.25, -0.2) is 0 Å². The lowest BCUT2D eigenvalue weighted by Crippen LogP contribution is -2.81. The molecule has 4 fully saturated rings. The number of halogens is 7. The number of hydrogen-bond acceptors (Lipinski definition) is 8. The van der Waals surface area contributed by atoms with Crippen LogP contribution in [0.2, 0.25) is 0 Å². The first-order valence-electron chi connectivity index (χ1n) is 10.8. The second-order valence-corrected chi connectivity index (χ2v) is 16.3. The number of esters is 1. The predicted octanol–water partition coefficient (Wildman–Crippen LogP) is 1.81. The summed E-state index contributed by atoms with van der Waals surface area (Å²) in [7, 11) is 0. The molecule has 0 aromatic carbocycles. The van der Waals surface area contributed by atoms with Gasteiger partial charge in [0, 0.05) is 11.5 Å². The molecule has 2 N–H and O–H groups in total. The smallest absolute Gasteiger partial charge is 0.327 e. The molecule has 212 valence electrons. The zero-order valence-corrected chi connectivity index (χ0v) is 27.5. The van der Waals surface area contributed by atoms with E-state index in [9.17, 15) is 24.0 Å². The lowest BCUT2D eigenvalue weighted by molar-refractivity contribution is -0.166. The van der Waals surface area contributed by atoms with Crippen molar-refractivity contribution in [2.24, 2.45) is 0 Å². The summed E-state index contributed by atoms with van der Waals surface area (Å²) >= 11 is 39.7. The van der Waals surface area contributed by atoms with Crippen molar-refractivity contribution >= 4 is 143 Å². The normalized spacial score (nSPS) is 36.3. The fourth-order valence-corrected chi connectivity index (χ4v) is 10.4. The van der Waals surface area contributed by atoms with Crippen LogP contribution >= 0.6 is 113 Å². The van der Waals surface area contributed by atoms with Crippen LogP contribution in [0.25, 0.3) is 0 Å². The maximum Gasteiger partial charge on any atom is 0.327 e. The van der Waals surface area contributed by atoms with Gasteiger partial charge in [-0.15, -0.1) is 58.3 Å². The molecule has 7 atom stereocenters. The Balaban J connectivity index is 1.50. The van der Waals surface area contributed by atoms with Gasteiger partial charge in [-0.3, -0.25) is 24.0 Å².